The fraction of sp³-hybridized carbons (Fsp3) is 0.933. The highest BCUT2D eigenvalue weighted by Crippen LogP contribution is 2.26. The molecule has 2 N–H and O–H groups in total. The van der Waals surface area contributed by atoms with Crippen molar-refractivity contribution < 1.29 is 9.90 Å². The van der Waals surface area contributed by atoms with Gasteiger partial charge >= 0.3 is 5.97 Å². The van der Waals surface area contributed by atoms with E-state index in [-0.39, 0.29) is 0 Å². The maximum absolute atomic E-state index is 11.5. The Morgan fingerprint density at radius 3 is 2.53 bits per heavy atom. The molecule has 1 saturated heterocycles. The standard InChI is InChI=1S/C15H28N2O2/c1-11-6-8-17(10-12(11)2)9-7-15(3,14(18)19)16-13-4-5-13/h11-13,16H,4-10H2,1-3H3,(H,18,19). The van der Waals surface area contributed by atoms with E-state index in [9.17, 15) is 9.90 Å². The third-order valence-corrected chi connectivity index (χ3v) is 4.92. The molecule has 19 heavy (non-hydrogen) atoms. The van der Waals surface area contributed by atoms with E-state index in [1.165, 1.54) is 6.42 Å². The number of hydrogen-bond donors (Lipinski definition) is 2. The van der Waals surface area contributed by atoms with E-state index in [0.29, 0.717) is 12.5 Å². The van der Waals surface area contributed by atoms with E-state index in [1.54, 1.807) is 0 Å². The smallest absolute Gasteiger partial charge is 0.323 e. The molecule has 1 aliphatic heterocycles. The van der Waals surface area contributed by atoms with Crippen LogP contribution in [0.2, 0.25) is 0 Å². The summed E-state index contributed by atoms with van der Waals surface area (Å²) in [5.41, 5.74) is -0.756. The number of carbonyl (C=O) groups is 1. The minimum atomic E-state index is -0.756. The Kier molecular flexibility index (Phi) is 4.51. The van der Waals surface area contributed by atoms with Crippen molar-refractivity contribution in [1.29, 1.82) is 0 Å². The second-order valence-corrected chi connectivity index (χ2v) is 6.85. The molecule has 2 aliphatic rings. The topological polar surface area (TPSA) is 52.6 Å². The van der Waals surface area contributed by atoms with Crippen molar-refractivity contribution in [2.75, 3.05) is 19.6 Å². The number of aliphatic carboxylic acids is 1. The third-order valence-electron chi connectivity index (χ3n) is 4.92. The first kappa shape index (κ1) is 14.8. The number of likely N-dealkylation sites (tertiary alicyclic amines) is 1. The molecular weight excluding hydrogens is 240 g/mol. The van der Waals surface area contributed by atoms with Crippen molar-refractivity contribution in [2.45, 2.75) is 58.0 Å². The lowest BCUT2D eigenvalue weighted by molar-refractivity contribution is -0.144. The van der Waals surface area contributed by atoms with Crippen molar-refractivity contribution in [3.8, 4) is 0 Å². The van der Waals surface area contributed by atoms with Gasteiger partial charge in [-0.2, -0.15) is 0 Å². The number of hydrogen-bond acceptors (Lipinski definition) is 3. The molecule has 1 heterocycles. The quantitative estimate of drug-likeness (QED) is 0.773. The predicted molar refractivity (Wildman–Crippen MR) is 76.2 cm³/mol. The van der Waals surface area contributed by atoms with Crippen LogP contribution in [-0.2, 0) is 4.79 Å². The number of carboxylic acid groups (broad SMARTS) is 1. The fourth-order valence-electron chi connectivity index (χ4n) is 2.85. The predicted octanol–water partition coefficient (Wildman–Crippen LogP) is 1.95. The van der Waals surface area contributed by atoms with Crippen LogP contribution < -0.4 is 5.32 Å². The highest BCUT2D eigenvalue weighted by molar-refractivity contribution is 5.78. The van der Waals surface area contributed by atoms with Crippen LogP contribution in [0.5, 0.6) is 0 Å². The van der Waals surface area contributed by atoms with Gasteiger partial charge < -0.3 is 10.0 Å². The summed E-state index contributed by atoms with van der Waals surface area (Å²) in [5.74, 6) is 0.811. The van der Waals surface area contributed by atoms with Crippen molar-refractivity contribution in [3.63, 3.8) is 0 Å². The maximum Gasteiger partial charge on any atom is 0.323 e. The molecule has 0 aromatic heterocycles. The molecule has 0 bridgehead atoms. The Bertz CT molecular complexity index is 330. The van der Waals surface area contributed by atoms with Gasteiger partial charge in [0.1, 0.15) is 5.54 Å². The molecule has 3 unspecified atom stereocenters. The number of nitrogens with zero attached hydrogens (tertiary/aromatic N) is 1. The second kappa shape index (κ2) is 5.80. The van der Waals surface area contributed by atoms with Gasteiger partial charge in [-0.05, 0) is 51.0 Å². The molecule has 2 rings (SSSR count). The lowest BCUT2D eigenvalue weighted by Crippen LogP contribution is -2.53. The third kappa shape index (κ3) is 3.93. The molecule has 0 aromatic rings. The van der Waals surface area contributed by atoms with E-state index in [0.717, 1.165) is 44.3 Å². The maximum atomic E-state index is 11.5. The van der Waals surface area contributed by atoms with Gasteiger partial charge in [-0.3, -0.25) is 10.1 Å². The van der Waals surface area contributed by atoms with Gasteiger partial charge in [0.2, 0.25) is 0 Å². The van der Waals surface area contributed by atoms with Gasteiger partial charge in [-0.15, -0.1) is 0 Å². The van der Waals surface area contributed by atoms with E-state index < -0.39 is 11.5 Å². The first-order valence-corrected chi connectivity index (χ1v) is 7.64. The average Bonchev–Trinajstić information content (AvgIpc) is 3.14. The van der Waals surface area contributed by atoms with E-state index in [4.69, 9.17) is 0 Å². The zero-order valence-corrected chi connectivity index (χ0v) is 12.5. The number of nitrogens with one attached hydrogen (secondary N) is 1. The molecular formula is C15H28N2O2. The Hall–Kier alpha value is -0.610. The first-order valence-electron chi connectivity index (χ1n) is 7.64. The highest BCUT2D eigenvalue weighted by Gasteiger charge is 2.38. The molecule has 0 amide bonds. The lowest BCUT2D eigenvalue weighted by Gasteiger charge is -2.37. The normalized spacial score (nSPS) is 31.9. The monoisotopic (exact) mass is 268 g/mol. The Balaban J connectivity index is 1.83. The van der Waals surface area contributed by atoms with Crippen molar-refractivity contribution >= 4 is 5.97 Å². The largest absolute Gasteiger partial charge is 0.480 e. The number of piperidine rings is 1. The summed E-state index contributed by atoms with van der Waals surface area (Å²) in [6.07, 6.45) is 4.18. The summed E-state index contributed by atoms with van der Waals surface area (Å²) >= 11 is 0. The molecule has 0 aromatic carbocycles. The fourth-order valence-corrected chi connectivity index (χ4v) is 2.85. The molecule has 4 nitrogen and oxygen atoms in total. The molecule has 3 atom stereocenters. The van der Waals surface area contributed by atoms with E-state index >= 15 is 0 Å². The molecule has 0 radical (unpaired) electrons. The molecule has 110 valence electrons. The molecule has 0 spiro atoms. The van der Waals surface area contributed by atoms with Gasteiger partial charge in [0, 0.05) is 19.1 Å². The zero-order valence-electron chi connectivity index (χ0n) is 12.5. The molecule has 2 fully saturated rings. The SMILES string of the molecule is CC1CCN(CCC(C)(NC2CC2)C(=O)O)CC1C. The summed E-state index contributed by atoms with van der Waals surface area (Å²) < 4.78 is 0. The van der Waals surface area contributed by atoms with E-state index in [2.05, 4.69) is 24.1 Å². The van der Waals surface area contributed by atoms with Crippen LogP contribution in [0.15, 0.2) is 0 Å². The van der Waals surface area contributed by atoms with E-state index in [1.807, 2.05) is 6.92 Å². The van der Waals surface area contributed by atoms with Gasteiger partial charge in [-0.25, -0.2) is 0 Å². The Labute approximate surface area is 116 Å². The van der Waals surface area contributed by atoms with Gasteiger partial charge in [0.05, 0.1) is 0 Å². The minimum Gasteiger partial charge on any atom is -0.480 e. The van der Waals surface area contributed by atoms with Crippen molar-refractivity contribution in [1.82, 2.24) is 10.2 Å². The van der Waals surface area contributed by atoms with Crippen LogP contribution in [0, 0.1) is 11.8 Å². The number of carboxylic acids is 1. The minimum absolute atomic E-state index is 0.432. The lowest BCUT2D eigenvalue weighted by atomic mass is 9.88. The number of rotatable bonds is 6. The Morgan fingerprint density at radius 1 is 1.32 bits per heavy atom. The van der Waals surface area contributed by atoms with Gasteiger partial charge in [0.25, 0.3) is 0 Å². The van der Waals surface area contributed by atoms with Crippen molar-refractivity contribution in [2.24, 2.45) is 11.8 Å². The summed E-state index contributed by atoms with van der Waals surface area (Å²) in [5, 5.41) is 12.8. The summed E-state index contributed by atoms with van der Waals surface area (Å²) in [6.45, 7) is 9.57. The molecule has 1 saturated carbocycles. The molecule has 1 aliphatic carbocycles. The first-order chi connectivity index (χ1) is 8.90. The second-order valence-electron chi connectivity index (χ2n) is 6.85. The van der Waals surface area contributed by atoms with Crippen LogP contribution in [-0.4, -0.2) is 47.2 Å². The van der Waals surface area contributed by atoms with Crippen LogP contribution in [0.25, 0.3) is 0 Å². The van der Waals surface area contributed by atoms with Crippen LogP contribution >= 0.6 is 0 Å². The summed E-state index contributed by atoms with van der Waals surface area (Å²) in [6, 6.07) is 0.432. The van der Waals surface area contributed by atoms with Gasteiger partial charge in [0.15, 0.2) is 0 Å². The molecule has 4 heteroatoms. The average molecular weight is 268 g/mol. The van der Waals surface area contributed by atoms with Crippen LogP contribution in [0.3, 0.4) is 0 Å². The summed E-state index contributed by atoms with van der Waals surface area (Å²) in [7, 11) is 0. The van der Waals surface area contributed by atoms with Gasteiger partial charge in [-0.1, -0.05) is 13.8 Å². The summed E-state index contributed by atoms with van der Waals surface area (Å²) in [4.78, 5) is 13.9. The highest BCUT2D eigenvalue weighted by atomic mass is 16.4. The van der Waals surface area contributed by atoms with Crippen LogP contribution in [0.1, 0.15) is 46.5 Å². The zero-order chi connectivity index (χ0) is 14.0. The van der Waals surface area contributed by atoms with Crippen molar-refractivity contribution in [3.05, 3.63) is 0 Å². The Morgan fingerprint density at radius 2 is 2.00 bits per heavy atom. The van der Waals surface area contributed by atoms with Crippen LogP contribution in [0.4, 0.5) is 0 Å².